The average Bonchev–Trinajstić information content (AvgIpc) is 2.20. The molecule has 0 aliphatic carbocycles. The van der Waals surface area contributed by atoms with Gasteiger partial charge in [0.2, 0.25) is 0 Å². The minimum absolute atomic E-state index is 0.0794. The molecule has 0 atom stereocenters. The summed E-state index contributed by atoms with van der Waals surface area (Å²) in [5.41, 5.74) is 0.0773. The molecule has 1 heteroatoms. The molecule has 0 saturated heterocycles. The summed E-state index contributed by atoms with van der Waals surface area (Å²) in [6.45, 7) is 38.1. The molecule has 0 spiro atoms. The molecule has 0 aromatic rings. The molecule has 0 heterocycles. The summed E-state index contributed by atoms with van der Waals surface area (Å²) in [5, 5.41) is 6.02. The van der Waals surface area contributed by atoms with E-state index in [0.29, 0.717) is 11.8 Å². The second kappa shape index (κ2) is 6.84. The summed E-state index contributed by atoms with van der Waals surface area (Å²) in [5.74, 6) is 0.936. The molecule has 1 nitrogen and oxygen atoms in total. The van der Waals surface area contributed by atoms with Gasteiger partial charge in [0.15, 0.2) is 0 Å². The molecule has 1 radical (unpaired) electrons. The normalized spacial score (nSPS) is 16.1. The fourth-order valence-corrected chi connectivity index (χ4v) is 6.92. The molecule has 0 rings (SSSR count). The van der Waals surface area contributed by atoms with E-state index in [-0.39, 0.29) is 32.7 Å². The molecule has 0 fully saturated rings. The van der Waals surface area contributed by atoms with Crippen molar-refractivity contribution in [3.05, 3.63) is 0 Å². The highest BCUT2D eigenvalue weighted by molar-refractivity contribution is 5.17. The van der Waals surface area contributed by atoms with E-state index in [4.69, 9.17) is 5.32 Å². The third-order valence-corrected chi connectivity index (χ3v) is 6.60. The van der Waals surface area contributed by atoms with Crippen LogP contribution in [0.25, 0.3) is 0 Å². The number of rotatable bonds is 4. The Morgan fingerprint density at radius 3 is 0.640 bits per heavy atom. The summed E-state index contributed by atoms with van der Waals surface area (Å²) in [4.78, 5) is 0. The topological polar surface area (TPSA) is 14.1 Å². The molecule has 0 bridgehead atoms. The summed E-state index contributed by atoms with van der Waals surface area (Å²) >= 11 is 0. The van der Waals surface area contributed by atoms with Crippen LogP contribution in [0.2, 0.25) is 0 Å². The average molecular weight is 353 g/mol. The first-order chi connectivity index (χ1) is 10.6. The third-order valence-electron chi connectivity index (χ3n) is 6.60. The first-order valence-corrected chi connectivity index (χ1v) is 10.3. The van der Waals surface area contributed by atoms with E-state index in [2.05, 4.69) is 111 Å². The van der Waals surface area contributed by atoms with Crippen LogP contribution in [0.1, 0.15) is 111 Å². The molecule has 25 heavy (non-hydrogen) atoms. The Labute approximate surface area is 161 Å². The van der Waals surface area contributed by atoms with Crippen molar-refractivity contribution in [3.8, 4) is 0 Å². The minimum atomic E-state index is -0.120. The maximum absolute atomic E-state index is 6.02. The lowest BCUT2D eigenvalue weighted by molar-refractivity contribution is -0.122. The molecule has 0 aliphatic rings. The molecule has 0 aliphatic heterocycles. The highest BCUT2D eigenvalue weighted by Gasteiger charge is 2.63. The lowest BCUT2D eigenvalue weighted by atomic mass is 9.49. The zero-order valence-electron chi connectivity index (χ0n) is 20.6. The van der Waals surface area contributed by atoms with Crippen LogP contribution < -0.4 is 5.32 Å². The van der Waals surface area contributed by atoms with Crippen molar-refractivity contribution in [2.45, 2.75) is 122 Å². The third kappa shape index (κ3) is 3.97. The maximum atomic E-state index is 6.02. The smallest absolute Gasteiger partial charge is 0.0483 e. The van der Waals surface area contributed by atoms with Crippen LogP contribution in [0.15, 0.2) is 0 Å². The van der Waals surface area contributed by atoms with Crippen LogP contribution >= 0.6 is 0 Å². The Balaban J connectivity index is 7.00. The van der Waals surface area contributed by atoms with Crippen LogP contribution in [0.5, 0.6) is 0 Å². The van der Waals surface area contributed by atoms with Crippen molar-refractivity contribution < 1.29 is 0 Å². The van der Waals surface area contributed by atoms with Gasteiger partial charge in [-0.1, -0.05) is 111 Å². The standard InChI is InChI=1S/C24H50N/c1-17(2)23(19(5,6)7,20(8,9)10)25-24(18(3)4,21(11,12)13)22(14,15)16/h17-18H,1-16H3. The molecule has 0 aromatic heterocycles. The van der Waals surface area contributed by atoms with Gasteiger partial charge in [-0.2, -0.15) is 0 Å². The van der Waals surface area contributed by atoms with Gasteiger partial charge in [-0.15, -0.1) is 0 Å². The van der Waals surface area contributed by atoms with Gasteiger partial charge in [0.05, 0.1) is 0 Å². The number of hydrogen-bond donors (Lipinski definition) is 0. The SMILES string of the molecule is CC(C)C([N]C(C(C)C)(C(C)(C)C)C(C)(C)C)(C(C)(C)C)C(C)(C)C. The molecule has 0 amide bonds. The quantitative estimate of drug-likeness (QED) is 0.495. The van der Waals surface area contributed by atoms with Gasteiger partial charge in [0.25, 0.3) is 0 Å². The van der Waals surface area contributed by atoms with Crippen molar-refractivity contribution in [2.24, 2.45) is 33.5 Å². The second-order valence-corrected chi connectivity index (χ2v) is 13.0. The molecule has 0 unspecified atom stereocenters. The van der Waals surface area contributed by atoms with Crippen LogP contribution in [0.4, 0.5) is 0 Å². The second-order valence-electron chi connectivity index (χ2n) is 13.0. The van der Waals surface area contributed by atoms with Crippen LogP contribution in [-0.4, -0.2) is 11.1 Å². The summed E-state index contributed by atoms with van der Waals surface area (Å²) in [6.07, 6.45) is 0. The van der Waals surface area contributed by atoms with Gasteiger partial charge >= 0.3 is 0 Å². The predicted octanol–water partition coefficient (Wildman–Crippen LogP) is 7.56. The van der Waals surface area contributed by atoms with Crippen molar-refractivity contribution in [1.82, 2.24) is 5.32 Å². The van der Waals surface area contributed by atoms with Gasteiger partial charge in [-0.25, -0.2) is 5.32 Å². The maximum Gasteiger partial charge on any atom is 0.0483 e. The molecule has 151 valence electrons. The largest absolute Gasteiger partial charge is 0.226 e. The Morgan fingerprint density at radius 2 is 0.560 bits per heavy atom. The van der Waals surface area contributed by atoms with E-state index in [1.54, 1.807) is 0 Å². The Morgan fingerprint density at radius 1 is 0.400 bits per heavy atom. The van der Waals surface area contributed by atoms with Crippen LogP contribution in [-0.2, 0) is 0 Å². The van der Waals surface area contributed by atoms with Gasteiger partial charge < -0.3 is 0 Å². The molecular formula is C24H50N. The zero-order chi connectivity index (χ0) is 20.9. The molecule has 0 saturated carbocycles. The summed E-state index contributed by atoms with van der Waals surface area (Å²) in [6, 6.07) is 0. The molecular weight excluding hydrogens is 302 g/mol. The van der Waals surface area contributed by atoms with E-state index < -0.39 is 0 Å². The van der Waals surface area contributed by atoms with Crippen LogP contribution in [0.3, 0.4) is 0 Å². The molecule has 0 aromatic carbocycles. The van der Waals surface area contributed by atoms with Crippen LogP contribution in [0, 0.1) is 33.5 Å². The highest BCUT2D eigenvalue weighted by Crippen LogP contribution is 2.57. The fourth-order valence-electron chi connectivity index (χ4n) is 6.92. The van der Waals surface area contributed by atoms with Gasteiger partial charge in [-0.05, 0) is 33.5 Å². The van der Waals surface area contributed by atoms with E-state index in [9.17, 15) is 0 Å². The van der Waals surface area contributed by atoms with E-state index in [0.717, 1.165) is 0 Å². The van der Waals surface area contributed by atoms with Gasteiger partial charge in [0.1, 0.15) is 0 Å². The van der Waals surface area contributed by atoms with E-state index in [1.165, 1.54) is 0 Å². The number of nitrogens with zero attached hydrogens (tertiary/aromatic N) is 1. The number of hydrogen-bond acceptors (Lipinski definition) is 0. The van der Waals surface area contributed by atoms with E-state index in [1.807, 2.05) is 0 Å². The predicted molar refractivity (Wildman–Crippen MR) is 115 cm³/mol. The summed E-state index contributed by atoms with van der Waals surface area (Å²) in [7, 11) is 0. The molecule has 0 N–H and O–H groups in total. The van der Waals surface area contributed by atoms with E-state index >= 15 is 0 Å². The Kier molecular flexibility index (Phi) is 6.83. The summed E-state index contributed by atoms with van der Waals surface area (Å²) < 4.78 is 0. The van der Waals surface area contributed by atoms with Crippen molar-refractivity contribution in [3.63, 3.8) is 0 Å². The first-order valence-electron chi connectivity index (χ1n) is 10.3. The lowest BCUT2D eigenvalue weighted by Crippen LogP contribution is -2.74. The minimum Gasteiger partial charge on any atom is -0.226 e. The lowest BCUT2D eigenvalue weighted by Gasteiger charge is -2.66. The highest BCUT2D eigenvalue weighted by atomic mass is 15.1. The Bertz CT molecular complexity index is 357. The van der Waals surface area contributed by atoms with Crippen molar-refractivity contribution in [2.75, 3.05) is 0 Å². The zero-order valence-corrected chi connectivity index (χ0v) is 20.6. The van der Waals surface area contributed by atoms with Crippen molar-refractivity contribution in [1.29, 1.82) is 0 Å². The van der Waals surface area contributed by atoms with Gasteiger partial charge in [-0.3, -0.25) is 0 Å². The monoisotopic (exact) mass is 352 g/mol. The van der Waals surface area contributed by atoms with Gasteiger partial charge in [0, 0.05) is 11.1 Å². The fraction of sp³-hybridized carbons (Fsp3) is 1.00. The Hall–Kier alpha value is -0.0400. The first kappa shape index (κ1) is 25.0. The van der Waals surface area contributed by atoms with Crippen molar-refractivity contribution >= 4 is 0 Å².